The lowest BCUT2D eigenvalue weighted by Gasteiger charge is -2.01. The Kier molecular flexibility index (Phi) is 5.62. The van der Waals surface area contributed by atoms with Crippen LogP contribution in [0.2, 0.25) is 0 Å². The van der Waals surface area contributed by atoms with Crippen molar-refractivity contribution in [2.45, 2.75) is 23.5 Å². The van der Waals surface area contributed by atoms with Crippen molar-refractivity contribution in [3.05, 3.63) is 77.5 Å². The van der Waals surface area contributed by atoms with Gasteiger partial charge in [-0.15, -0.1) is 0 Å². The van der Waals surface area contributed by atoms with Crippen molar-refractivity contribution in [3.63, 3.8) is 0 Å². The molecule has 0 aliphatic heterocycles. The Morgan fingerprint density at radius 1 is 1.23 bits per heavy atom. The molecule has 0 bridgehead atoms. The van der Waals surface area contributed by atoms with E-state index in [1.165, 1.54) is 29.7 Å². The topological polar surface area (TPSA) is 79.2 Å². The summed E-state index contributed by atoms with van der Waals surface area (Å²) in [7, 11) is 0. The number of hydrogen-bond acceptors (Lipinski definition) is 5. The van der Waals surface area contributed by atoms with Gasteiger partial charge in [-0.3, -0.25) is 4.79 Å². The van der Waals surface area contributed by atoms with Crippen LogP contribution in [-0.2, 0) is 11.3 Å². The predicted octanol–water partition coefficient (Wildman–Crippen LogP) is 4.56. The van der Waals surface area contributed by atoms with Crippen LogP contribution < -0.4 is 5.32 Å². The lowest BCUT2D eigenvalue weighted by atomic mass is 10.2. The van der Waals surface area contributed by atoms with Gasteiger partial charge >= 0.3 is 0 Å². The average molecular weight is 364 g/mol. The SMILES string of the molecule is Cc1ccc(Sc2ccc(/C=C(\C#N)C(=O)NCc3ccco3)o2)cc1. The minimum atomic E-state index is -0.479. The summed E-state index contributed by atoms with van der Waals surface area (Å²) in [5.74, 6) is 0.586. The third-order valence-corrected chi connectivity index (χ3v) is 4.42. The van der Waals surface area contributed by atoms with Gasteiger partial charge in [0.2, 0.25) is 0 Å². The fourth-order valence-corrected chi connectivity index (χ4v) is 2.93. The summed E-state index contributed by atoms with van der Waals surface area (Å²) in [5, 5.41) is 12.6. The summed E-state index contributed by atoms with van der Waals surface area (Å²) >= 11 is 1.48. The van der Waals surface area contributed by atoms with Crippen molar-refractivity contribution in [1.29, 1.82) is 5.26 Å². The third kappa shape index (κ3) is 4.68. The molecule has 0 aliphatic carbocycles. The van der Waals surface area contributed by atoms with E-state index in [1.807, 2.05) is 43.3 Å². The molecule has 26 heavy (non-hydrogen) atoms. The van der Waals surface area contributed by atoms with Gasteiger partial charge in [0.15, 0.2) is 5.09 Å². The summed E-state index contributed by atoms with van der Waals surface area (Å²) in [5.41, 5.74) is 1.16. The Labute approximate surface area is 155 Å². The van der Waals surface area contributed by atoms with E-state index in [9.17, 15) is 10.1 Å². The molecule has 1 aromatic carbocycles. The van der Waals surface area contributed by atoms with Crippen molar-refractivity contribution in [3.8, 4) is 6.07 Å². The van der Waals surface area contributed by atoms with Crippen LogP contribution >= 0.6 is 11.8 Å². The summed E-state index contributed by atoms with van der Waals surface area (Å²) in [6.07, 6.45) is 2.95. The number of nitrogens with one attached hydrogen (secondary N) is 1. The maximum absolute atomic E-state index is 12.1. The molecule has 0 atom stereocenters. The van der Waals surface area contributed by atoms with Crippen molar-refractivity contribution in [1.82, 2.24) is 5.32 Å². The molecule has 2 heterocycles. The molecule has 0 unspecified atom stereocenters. The monoisotopic (exact) mass is 364 g/mol. The Bertz CT molecular complexity index is 948. The van der Waals surface area contributed by atoms with Crippen molar-refractivity contribution < 1.29 is 13.6 Å². The van der Waals surface area contributed by atoms with Crippen LogP contribution in [0.1, 0.15) is 17.1 Å². The fourth-order valence-electron chi connectivity index (χ4n) is 2.16. The summed E-state index contributed by atoms with van der Waals surface area (Å²) in [4.78, 5) is 13.2. The first-order valence-electron chi connectivity index (χ1n) is 7.91. The van der Waals surface area contributed by atoms with Gasteiger partial charge in [0.1, 0.15) is 23.2 Å². The molecule has 0 spiro atoms. The van der Waals surface area contributed by atoms with E-state index in [4.69, 9.17) is 8.83 Å². The highest BCUT2D eigenvalue weighted by Gasteiger charge is 2.11. The molecule has 0 fully saturated rings. The van der Waals surface area contributed by atoms with Gasteiger partial charge in [-0.1, -0.05) is 29.5 Å². The van der Waals surface area contributed by atoms with E-state index < -0.39 is 5.91 Å². The van der Waals surface area contributed by atoms with Crippen LogP contribution in [0, 0.1) is 18.3 Å². The van der Waals surface area contributed by atoms with Crippen LogP contribution in [0.3, 0.4) is 0 Å². The second-order valence-corrected chi connectivity index (χ2v) is 6.58. The largest absolute Gasteiger partial charge is 0.467 e. The Morgan fingerprint density at radius 2 is 2.04 bits per heavy atom. The van der Waals surface area contributed by atoms with E-state index >= 15 is 0 Å². The van der Waals surface area contributed by atoms with Gasteiger partial charge in [0.25, 0.3) is 5.91 Å². The number of nitriles is 1. The van der Waals surface area contributed by atoms with Crippen molar-refractivity contribution >= 4 is 23.7 Å². The Morgan fingerprint density at radius 3 is 2.73 bits per heavy atom. The zero-order chi connectivity index (χ0) is 18.4. The molecule has 2 aromatic heterocycles. The van der Waals surface area contributed by atoms with Gasteiger partial charge in [0, 0.05) is 11.0 Å². The minimum absolute atomic E-state index is 0.0298. The fraction of sp³-hybridized carbons (Fsp3) is 0.100. The molecular formula is C20H16N2O3S. The number of furan rings is 2. The second-order valence-electron chi connectivity index (χ2n) is 5.50. The first-order chi connectivity index (χ1) is 12.6. The molecule has 0 aliphatic rings. The van der Waals surface area contributed by atoms with Gasteiger partial charge in [-0.05, 0) is 43.3 Å². The highest BCUT2D eigenvalue weighted by Crippen LogP contribution is 2.30. The van der Waals surface area contributed by atoms with Gasteiger partial charge in [-0.25, -0.2) is 0 Å². The first-order valence-corrected chi connectivity index (χ1v) is 8.72. The zero-order valence-corrected chi connectivity index (χ0v) is 14.9. The van der Waals surface area contributed by atoms with Gasteiger partial charge in [0.05, 0.1) is 12.8 Å². The zero-order valence-electron chi connectivity index (χ0n) is 14.1. The summed E-state index contributed by atoms with van der Waals surface area (Å²) < 4.78 is 10.8. The molecule has 0 saturated heterocycles. The normalized spacial score (nSPS) is 11.2. The molecule has 130 valence electrons. The van der Waals surface area contributed by atoms with Crippen molar-refractivity contribution in [2.24, 2.45) is 0 Å². The first kappa shape index (κ1) is 17.6. The van der Waals surface area contributed by atoms with E-state index in [1.54, 1.807) is 18.2 Å². The smallest absolute Gasteiger partial charge is 0.262 e. The lowest BCUT2D eigenvalue weighted by Crippen LogP contribution is -2.23. The molecule has 6 heteroatoms. The Hall–Kier alpha value is -3.17. The highest BCUT2D eigenvalue weighted by atomic mass is 32.2. The summed E-state index contributed by atoms with van der Waals surface area (Å²) in [6.45, 7) is 2.25. The molecule has 1 amide bonds. The Balaban J connectivity index is 1.65. The van der Waals surface area contributed by atoms with Crippen molar-refractivity contribution in [2.75, 3.05) is 0 Å². The number of rotatable bonds is 6. The lowest BCUT2D eigenvalue weighted by molar-refractivity contribution is -0.117. The number of amides is 1. The molecule has 0 radical (unpaired) electrons. The molecule has 3 rings (SSSR count). The van der Waals surface area contributed by atoms with Crippen LogP contribution in [0.15, 0.2) is 79.2 Å². The average Bonchev–Trinajstić information content (AvgIpc) is 3.31. The van der Waals surface area contributed by atoms with Crippen LogP contribution in [0.25, 0.3) is 6.08 Å². The second kappa shape index (κ2) is 8.28. The number of benzene rings is 1. The van der Waals surface area contributed by atoms with Crippen LogP contribution in [0.5, 0.6) is 0 Å². The number of carbonyl (C=O) groups excluding carboxylic acids is 1. The highest BCUT2D eigenvalue weighted by molar-refractivity contribution is 7.99. The molecule has 3 aromatic rings. The van der Waals surface area contributed by atoms with Gasteiger partial charge < -0.3 is 14.2 Å². The maximum atomic E-state index is 12.1. The standard InChI is InChI=1S/C20H16N2O3S/c1-14-4-7-18(8-5-14)26-19-9-6-16(25-19)11-15(12-21)20(23)22-13-17-3-2-10-24-17/h2-11H,13H2,1H3,(H,22,23)/b15-11+. The number of nitrogens with zero attached hydrogens (tertiary/aromatic N) is 1. The number of carbonyl (C=O) groups is 1. The minimum Gasteiger partial charge on any atom is -0.467 e. The van der Waals surface area contributed by atoms with Crippen LogP contribution in [0.4, 0.5) is 0 Å². The summed E-state index contributed by atoms with van der Waals surface area (Å²) in [6, 6.07) is 17.0. The van der Waals surface area contributed by atoms with Crippen LogP contribution in [-0.4, -0.2) is 5.91 Å². The number of hydrogen-bond donors (Lipinski definition) is 1. The molecule has 1 N–H and O–H groups in total. The predicted molar refractivity (Wildman–Crippen MR) is 98.2 cm³/mol. The maximum Gasteiger partial charge on any atom is 0.262 e. The third-order valence-electron chi connectivity index (χ3n) is 3.50. The van der Waals surface area contributed by atoms with E-state index in [0.717, 1.165) is 4.90 Å². The van der Waals surface area contributed by atoms with E-state index in [0.29, 0.717) is 16.6 Å². The molecular weight excluding hydrogens is 348 g/mol. The van der Waals surface area contributed by atoms with Gasteiger partial charge in [-0.2, -0.15) is 5.26 Å². The quantitative estimate of drug-likeness (QED) is 0.512. The van der Waals surface area contributed by atoms with E-state index in [2.05, 4.69) is 5.32 Å². The molecule has 5 nitrogen and oxygen atoms in total. The number of aryl methyl sites for hydroxylation is 1. The molecule has 0 saturated carbocycles. The van der Waals surface area contributed by atoms with E-state index in [-0.39, 0.29) is 12.1 Å².